The number of methoxy groups -OCH3 is 3. The van der Waals surface area contributed by atoms with E-state index in [9.17, 15) is 4.79 Å². The fourth-order valence-electron chi connectivity index (χ4n) is 2.00. The zero-order valence-electron chi connectivity index (χ0n) is 14.0. The predicted octanol–water partition coefficient (Wildman–Crippen LogP) is 2.98. The zero-order valence-corrected chi connectivity index (χ0v) is 14.0. The van der Waals surface area contributed by atoms with E-state index in [-0.39, 0.29) is 5.91 Å². The van der Waals surface area contributed by atoms with Crippen LogP contribution in [0.2, 0.25) is 0 Å². The molecule has 0 unspecified atom stereocenters. The van der Waals surface area contributed by atoms with Crippen molar-refractivity contribution in [2.75, 3.05) is 34.9 Å². The number of ether oxygens (including phenoxy) is 3. The van der Waals surface area contributed by atoms with Gasteiger partial charge in [0.1, 0.15) is 0 Å². The fourth-order valence-corrected chi connectivity index (χ4v) is 2.00. The minimum atomic E-state index is -0.0257. The highest BCUT2D eigenvalue weighted by Gasteiger charge is 2.12. The lowest BCUT2D eigenvalue weighted by molar-refractivity contribution is -0.124. The molecule has 0 aliphatic rings. The smallest absolute Gasteiger partial charge is 0.246 e. The lowest BCUT2D eigenvalue weighted by atomic mass is 10.1. The van der Waals surface area contributed by atoms with Gasteiger partial charge in [0.15, 0.2) is 11.5 Å². The number of hydrogen-bond donors (Lipinski definition) is 0. The van der Waals surface area contributed by atoms with Gasteiger partial charge in [-0.1, -0.05) is 13.3 Å². The molecule has 1 aromatic rings. The molecule has 0 aliphatic heterocycles. The second kappa shape index (κ2) is 8.97. The summed E-state index contributed by atoms with van der Waals surface area (Å²) >= 11 is 0. The summed E-state index contributed by atoms with van der Waals surface area (Å²) in [6, 6.07) is 3.61. The summed E-state index contributed by atoms with van der Waals surface area (Å²) in [5, 5.41) is 0. The summed E-state index contributed by atoms with van der Waals surface area (Å²) in [5.41, 5.74) is 0.812. The van der Waals surface area contributed by atoms with Crippen LogP contribution in [0.1, 0.15) is 25.3 Å². The first-order chi connectivity index (χ1) is 10.6. The number of amides is 1. The molecule has 122 valence electrons. The van der Waals surface area contributed by atoms with Gasteiger partial charge in [-0.3, -0.25) is 4.79 Å². The van der Waals surface area contributed by atoms with Crippen LogP contribution >= 0.6 is 0 Å². The summed E-state index contributed by atoms with van der Waals surface area (Å²) < 4.78 is 15.9. The van der Waals surface area contributed by atoms with Crippen molar-refractivity contribution in [3.8, 4) is 17.2 Å². The van der Waals surface area contributed by atoms with E-state index in [4.69, 9.17) is 14.2 Å². The van der Waals surface area contributed by atoms with Gasteiger partial charge in [0.25, 0.3) is 0 Å². The van der Waals surface area contributed by atoms with Gasteiger partial charge in [-0.2, -0.15) is 0 Å². The van der Waals surface area contributed by atoms with Gasteiger partial charge in [-0.05, 0) is 30.2 Å². The normalized spacial score (nSPS) is 10.6. The first kappa shape index (κ1) is 17.9. The van der Waals surface area contributed by atoms with Crippen LogP contribution in [-0.2, 0) is 4.79 Å². The summed E-state index contributed by atoms with van der Waals surface area (Å²) in [4.78, 5) is 13.7. The fraction of sp³-hybridized carbons (Fsp3) is 0.471. The third-order valence-electron chi connectivity index (χ3n) is 3.33. The van der Waals surface area contributed by atoms with Crippen LogP contribution in [0.5, 0.6) is 17.2 Å². The van der Waals surface area contributed by atoms with E-state index < -0.39 is 0 Å². The molecule has 0 fully saturated rings. The SMILES string of the molecule is CCCCN(C)C(=O)C=Cc1cc(OC)c(OC)c(OC)c1. The van der Waals surface area contributed by atoms with E-state index in [1.54, 1.807) is 57.6 Å². The molecule has 0 aromatic heterocycles. The van der Waals surface area contributed by atoms with Gasteiger partial charge in [0, 0.05) is 19.7 Å². The van der Waals surface area contributed by atoms with Crippen LogP contribution in [0.25, 0.3) is 6.08 Å². The summed E-state index contributed by atoms with van der Waals surface area (Å²) in [6.07, 6.45) is 5.36. The Bertz CT molecular complexity index is 500. The molecule has 0 heterocycles. The minimum Gasteiger partial charge on any atom is -0.493 e. The molecule has 5 heteroatoms. The van der Waals surface area contributed by atoms with Gasteiger partial charge in [0.05, 0.1) is 21.3 Å². The molecule has 0 bridgehead atoms. The molecule has 1 amide bonds. The third-order valence-corrected chi connectivity index (χ3v) is 3.33. The van der Waals surface area contributed by atoms with Crippen molar-refractivity contribution < 1.29 is 19.0 Å². The van der Waals surface area contributed by atoms with Gasteiger partial charge in [0.2, 0.25) is 11.7 Å². The Labute approximate surface area is 132 Å². The number of carbonyl (C=O) groups excluding carboxylic acids is 1. The summed E-state index contributed by atoms with van der Waals surface area (Å²) in [5.74, 6) is 1.64. The van der Waals surface area contributed by atoms with Crippen molar-refractivity contribution in [1.29, 1.82) is 0 Å². The number of carbonyl (C=O) groups is 1. The molecule has 0 radical (unpaired) electrons. The van der Waals surface area contributed by atoms with Crippen molar-refractivity contribution in [2.45, 2.75) is 19.8 Å². The molecule has 0 spiro atoms. The molecule has 0 atom stereocenters. The van der Waals surface area contributed by atoms with Crippen molar-refractivity contribution in [2.24, 2.45) is 0 Å². The second-order valence-electron chi connectivity index (χ2n) is 4.91. The van der Waals surface area contributed by atoms with Crippen LogP contribution in [-0.4, -0.2) is 45.7 Å². The third kappa shape index (κ3) is 4.69. The number of benzene rings is 1. The lowest BCUT2D eigenvalue weighted by Crippen LogP contribution is -2.25. The number of nitrogens with zero attached hydrogens (tertiary/aromatic N) is 1. The van der Waals surface area contributed by atoms with E-state index in [1.165, 1.54) is 0 Å². The molecular formula is C17H25NO4. The zero-order chi connectivity index (χ0) is 16.5. The van der Waals surface area contributed by atoms with Crippen LogP contribution < -0.4 is 14.2 Å². The van der Waals surface area contributed by atoms with Gasteiger partial charge in [-0.25, -0.2) is 0 Å². The molecule has 1 aromatic carbocycles. The van der Waals surface area contributed by atoms with E-state index in [0.717, 1.165) is 24.9 Å². The average Bonchev–Trinajstić information content (AvgIpc) is 2.55. The van der Waals surface area contributed by atoms with E-state index in [2.05, 4.69) is 6.92 Å². The number of hydrogen-bond acceptors (Lipinski definition) is 4. The highest BCUT2D eigenvalue weighted by molar-refractivity contribution is 5.91. The standard InChI is InChI=1S/C17H25NO4/c1-6-7-10-18(2)16(19)9-8-13-11-14(20-3)17(22-5)15(12-13)21-4/h8-9,11-12H,6-7,10H2,1-5H3. The number of likely N-dealkylation sites (N-methyl/N-ethyl adjacent to an activating group) is 1. The van der Waals surface area contributed by atoms with Crippen LogP contribution in [0.3, 0.4) is 0 Å². The Hall–Kier alpha value is -2.17. The maximum Gasteiger partial charge on any atom is 0.246 e. The Morgan fingerprint density at radius 3 is 2.18 bits per heavy atom. The Kier molecular flexibility index (Phi) is 7.29. The van der Waals surface area contributed by atoms with Crippen LogP contribution in [0, 0.1) is 0 Å². The molecule has 1 rings (SSSR count). The minimum absolute atomic E-state index is 0.0257. The van der Waals surface area contributed by atoms with E-state index in [0.29, 0.717) is 17.2 Å². The van der Waals surface area contributed by atoms with Gasteiger partial charge >= 0.3 is 0 Å². The first-order valence-corrected chi connectivity index (χ1v) is 7.30. The quantitative estimate of drug-likeness (QED) is 0.693. The molecule has 0 aliphatic carbocycles. The van der Waals surface area contributed by atoms with Crippen LogP contribution in [0.15, 0.2) is 18.2 Å². The topological polar surface area (TPSA) is 48.0 Å². The maximum atomic E-state index is 12.0. The molecule has 5 nitrogen and oxygen atoms in total. The van der Waals surface area contributed by atoms with Crippen molar-refractivity contribution in [3.63, 3.8) is 0 Å². The molecule has 0 N–H and O–H groups in total. The monoisotopic (exact) mass is 307 g/mol. The number of rotatable bonds is 8. The van der Waals surface area contributed by atoms with Gasteiger partial charge < -0.3 is 19.1 Å². The van der Waals surface area contributed by atoms with E-state index >= 15 is 0 Å². The Balaban J connectivity index is 2.93. The van der Waals surface area contributed by atoms with Gasteiger partial charge in [-0.15, -0.1) is 0 Å². The number of unbranched alkanes of at least 4 members (excludes halogenated alkanes) is 1. The first-order valence-electron chi connectivity index (χ1n) is 7.30. The molecule has 0 saturated carbocycles. The summed E-state index contributed by atoms with van der Waals surface area (Å²) in [6.45, 7) is 2.86. The van der Waals surface area contributed by atoms with Crippen molar-refractivity contribution in [3.05, 3.63) is 23.8 Å². The molecule has 0 saturated heterocycles. The van der Waals surface area contributed by atoms with Crippen LogP contribution in [0.4, 0.5) is 0 Å². The lowest BCUT2D eigenvalue weighted by Gasteiger charge is -2.14. The Morgan fingerprint density at radius 1 is 1.14 bits per heavy atom. The van der Waals surface area contributed by atoms with Crippen molar-refractivity contribution >= 4 is 12.0 Å². The Morgan fingerprint density at radius 2 is 1.73 bits per heavy atom. The predicted molar refractivity (Wildman–Crippen MR) is 87.7 cm³/mol. The average molecular weight is 307 g/mol. The largest absolute Gasteiger partial charge is 0.493 e. The molecule has 22 heavy (non-hydrogen) atoms. The molecular weight excluding hydrogens is 282 g/mol. The second-order valence-corrected chi connectivity index (χ2v) is 4.91. The maximum absolute atomic E-state index is 12.0. The summed E-state index contributed by atoms with van der Waals surface area (Å²) in [7, 11) is 6.49. The van der Waals surface area contributed by atoms with Crippen molar-refractivity contribution in [1.82, 2.24) is 4.90 Å². The van der Waals surface area contributed by atoms with E-state index in [1.807, 2.05) is 0 Å². The highest BCUT2D eigenvalue weighted by Crippen LogP contribution is 2.38. The highest BCUT2D eigenvalue weighted by atomic mass is 16.5.